The van der Waals surface area contributed by atoms with Crippen LogP contribution < -0.4 is 5.32 Å². The van der Waals surface area contributed by atoms with Crippen LogP contribution in [0.2, 0.25) is 5.02 Å². The fourth-order valence-electron chi connectivity index (χ4n) is 4.40. The molecule has 2 aromatic carbocycles. The number of sulfone groups is 1. The zero-order chi connectivity index (χ0) is 26.4. The highest BCUT2D eigenvalue weighted by atomic mass is 79.9. The number of aromatic nitrogens is 3. The van der Waals surface area contributed by atoms with Gasteiger partial charge < -0.3 is 5.32 Å². The molecule has 1 N–H and O–H groups in total. The van der Waals surface area contributed by atoms with Crippen LogP contribution in [0.5, 0.6) is 0 Å². The zero-order valence-electron chi connectivity index (χ0n) is 19.7. The molecule has 4 aromatic rings. The third kappa shape index (κ3) is 5.13. The molecule has 3 heterocycles. The first-order chi connectivity index (χ1) is 17.6. The van der Waals surface area contributed by atoms with Crippen molar-refractivity contribution in [1.29, 1.82) is 0 Å². The van der Waals surface area contributed by atoms with Gasteiger partial charge in [0.05, 0.1) is 21.3 Å². The molecule has 1 aliphatic heterocycles. The molecule has 0 atom stereocenters. The van der Waals surface area contributed by atoms with E-state index in [1.165, 1.54) is 28.6 Å². The lowest BCUT2D eigenvalue weighted by Crippen LogP contribution is -2.42. The van der Waals surface area contributed by atoms with Gasteiger partial charge in [-0.3, -0.25) is 0 Å². The number of fused-ring (bicyclic) bond motifs is 1. The Bertz CT molecular complexity index is 1700. The molecule has 37 heavy (non-hydrogen) atoms. The average molecular weight is 625 g/mol. The highest BCUT2D eigenvalue weighted by Gasteiger charge is 2.33. The summed E-state index contributed by atoms with van der Waals surface area (Å²) in [7, 11) is -7.68. The Morgan fingerprint density at radius 1 is 1.00 bits per heavy atom. The minimum absolute atomic E-state index is 0.0377. The van der Waals surface area contributed by atoms with Crippen molar-refractivity contribution in [3.63, 3.8) is 0 Å². The van der Waals surface area contributed by atoms with Gasteiger partial charge in [-0.25, -0.2) is 21.8 Å². The molecule has 9 nitrogen and oxygen atoms in total. The summed E-state index contributed by atoms with van der Waals surface area (Å²) in [4.78, 5) is 4.34. The Hall–Kier alpha value is -2.51. The van der Waals surface area contributed by atoms with E-state index in [1.807, 2.05) is 24.3 Å². The van der Waals surface area contributed by atoms with E-state index in [4.69, 9.17) is 16.6 Å². The van der Waals surface area contributed by atoms with E-state index in [2.05, 4.69) is 26.3 Å². The molecule has 1 saturated heterocycles. The van der Waals surface area contributed by atoms with Crippen LogP contribution in [-0.2, 0) is 19.9 Å². The Morgan fingerprint density at radius 3 is 2.32 bits per heavy atom. The van der Waals surface area contributed by atoms with E-state index in [0.717, 1.165) is 16.3 Å². The smallest absolute Gasteiger partial charge is 0.244 e. The number of hydrogen-bond acceptors (Lipinski definition) is 7. The number of nitrogens with one attached hydrogen (secondary N) is 1. The van der Waals surface area contributed by atoms with Crippen molar-refractivity contribution in [2.45, 2.75) is 28.7 Å². The minimum atomic E-state index is -3.97. The summed E-state index contributed by atoms with van der Waals surface area (Å²) in [6.07, 6.45) is 3.72. The summed E-state index contributed by atoms with van der Waals surface area (Å²) in [5.41, 5.74) is 2.09. The number of hydrogen-bond donors (Lipinski definition) is 1. The van der Waals surface area contributed by atoms with Crippen LogP contribution in [0.1, 0.15) is 12.8 Å². The lowest BCUT2D eigenvalue weighted by atomic mass is 10.1. The molecule has 0 bridgehead atoms. The van der Waals surface area contributed by atoms with E-state index >= 15 is 0 Å². The number of benzene rings is 2. The number of sulfonamides is 1. The van der Waals surface area contributed by atoms with Gasteiger partial charge in [-0.05, 0) is 47.0 Å². The number of nitrogens with zero attached hydrogens (tertiary/aromatic N) is 4. The zero-order valence-corrected chi connectivity index (χ0v) is 23.6. The van der Waals surface area contributed by atoms with Crippen molar-refractivity contribution in [2.24, 2.45) is 0 Å². The molecule has 0 amide bonds. The molecule has 0 radical (unpaired) electrons. The molecule has 0 unspecified atom stereocenters. The fraction of sp³-hybridized carbons (Fsp3) is 0.250. The Morgan fingerprint density at radius 2 is 1.65 bits per heavy atom. The van der Waals surface area contributed by atoms with Gasteiger partial charge in [0.2, 0.25) is 10.0 Å². The second-order valence-corrected chi connectivity index (χ2v) is 13.9. The number of halogens is 2. The van der Waals surface area contributed by atoms with Gasteiger partial charge in [0, 0.05) is 42.0 Å². The van der Waals surface area contributed by atoms with E-state index < -0.39 is 19.9 Å². The quantitative estimate of drug-likeness (QED) is 0.337. The summed E-state index contributed by atoms with van der Waals surface area (Å²) < 4.78 is 54.8. The monoisotopic (exact) mass is 623 g/mol. The van der Waals surface area contributed by atoms with Gasteiger partial charge in [-0.2, -0.15) is 13.9 Å². The van der Waals surface area contributed by atoms with Crippen molar-refractivity contribution < 1.29 is 16.8 Å². The van der Waals surface area contributed by atoms with Crippen molar-refractivity contribution in [3.8, 4) is 11.3 Å². The largest absolute Gasteiger partial charge is 0.367 e. The number of anilines is 1. The molecule has 0 saturated carbocycles. The van der Waals surface area contributed by atoms with Crippen molar-refractivity contribution >= 4 is 58.9 Å². The molecule has 0 spiro atoms. The van der Waals surface area contributed by atoms with Gasteiger partial charge in [-0.1, -0.05) is 41.9 Å². The summed E-state index contributed by atoms with van der Waals surface area (Å²) in [6.45, 7) is 0.485. The van der Waals surface area contributed by atoms with E-state index in [-0.39, 0.29) is 28.9 Å². The lowest BCUT2D eigenvalue weighted by Gasteiger charge is -2.32. The molecule has 1 aliphatic rings. The van der Waals surface area contributed by atoms with Gasteiger partial charge >= 0.3 is 0 Å². The predicted octanol–water partition coefficient (Wildman–Crippen LogP) is 4.48. The first-order valence-corrected chi connectivity index (χ1v) is 15.9. The normalized spacial score (nSPS) is 15.8. The first-order valence-electron chi connectivity index (χ1n) is 11.4. The van der Waals surface area contributed by atoms with Crippen LogP contribution in [0.25, 0.3) is 16.9 Å². The maximum atomic E-state index is 13.3. The summed E-state index contributed by atoms with van der Waals surface area (Å²) >= 11 is 9.92. The van der Waals surface area contributed by atoms with Gasteiger partial charge in [-0.15, -0.1) is 0 Å². The van der Waals surface area contributed by atoms with Crippen LogP contribution in [0.3, 0.4) is 0 Å². The van der Waals surface area contributed by atoms with Crippen LogP contribution in [0, 0.1) is 0 Å². The number of piperidine rings is 1. The third-order valence-corrected chi connectivity index (χ3v) is 10.4. The molecule has 194 valence electrons. The van der Waals surface area contributed by atoms with Crippen LogP contribution in [0.15, 0.2) is 75.1 Å². The van der Waals surface area contributed by atoms with E-state index in [9.17, 15) is 16.8 Å². The standard InChI is InChI=1S/C24H23BrClN5O4S2/c1-36(32,33)21-8-4-5-9-22(21)37(34,35)30-12-10-16(11-13-30)28-23-14-20(17-6-2-3-7-19(17)26)29-24-18(25)15-27-31(23)24/h2-9,14-16,28H,10-13H2,1H3. The maximum Gasteiger partial charge on any atom is 0.244 e. The molecule has 0 aliphatic carbocycles. The second kappa shape index (κ2) is 9.99. The van der Waals surface area contributed by atoms with Gasteiger partial charge in [0.15, 0.2) is 15.5 Å². The minimum Gasteiger partial charge on any atom is -0.367 e. The number of rotatable bonds is 6. The molecular weight excluding hydrogens is 602 g/mol. The lowest BCUT2D eigenvalue weighted by molar-refractivity contribution is 0.328. The summed E-state index contributed by atoms with van der Waals surface area (Å²) in [5, 5.41) is 8.49. The first kappa shape index (κ1) is 26.1. The fourth-order valence-corrected chi connectivity index (χ4v) is 8.06. The van der Waals surface area contributed by atoms with Crippen LogP contribution in [0.4, 0.5) is 5.82 Å². The van der Waals surface area contributed by atoms with E-state index in [1.54, 1.807) is 16.8 Å². The summed E-state index contributed by atoms with van der Waals surface area (Å²) in [6, 6.07) is 15.0. The maximum absolute atomic E-state index is 13.3. The van der Waals surface area contributed by atoms with Crippen LogP contribution >= 0.6 is 27.5 Å². The van der Waals surface area contributed by atoms with Gasteiger partial charge in [0.25, 0.3) is 0 Å². The predicted molar refractivity (Wildman–Crippen MR) is 146 cm³/mol. The van der Waals surface area contributed by atoms with Crippen molar-refractivity contribution in [3.05, 3.63) is 70.3 Å². The van der Waals surface area contributed by atoms with Gasteiger partial charge in [0.1, 0.15) is 10.7 Å². The van der Waals surface area contributed by atoms with Crippen molar-refractivity contribution in [2.75, 3.05) is 24.7 Å². The Balaban J connectivity index is 1.39. The van der Waals surface area contributed by atoms with E-state index in [0.29, 0.717) is 35.0 Å². The molecule has 13 heteroatoms. The SMILES string of the molecule is CS(=O)(=O)c1ccccc1S(=O)(=O)N1CCC(Nc2cc(-c3ccccc3Cl)nc3c(Br)cnn23)CC1. The Labute approximate surface area is 228 Å². The highest BCUT2D eigenvalue weighted by Crippen LogP contribution is 2.32. The highest BCUT2D eigenvalue weighted by molar-refractivity contribution is 9.10. The molecule has 1 fully saturated rings. The molecule has 2 aromatic heterocycles. The average Bonchev–Trinajstić information content (AvgIpc) is 3.25. The molecule has 5 rings (SSSR count). The van der Waals surface area contributed by atoms with Crippen molar-refractivity contribution in [1.82, 2.24) is 18.9 Å². The molecular formula is C24H23BrClN5O4S2. The summed E-state index contributed by atoms with van der Waals surface area (Å²) in [5.74, 6) is 0.703. The second-order valence-electron chi connectivity index (χ2n) is 8.78. The Kier molecular flexibility index (Phi) is 7.05. The van der Waals surface area contributed by atoms with Crippen LogP contribution in [-0.4, -0.2) is 61.1 Å². The third-order valence-electron chi connectivity index (χ3n) is 6.25. The topological polar surface area (TPSA) is 114 Å².